The summed E-state index contributed by atoms with van der Waals surface area (Å²) in [7, 11) is 3.60. The molecule has 0 aliphatic heterocycles. The fourth-order valence-electron chi connectivity index (χ4n) is 3.13. The van der Waals surface area contributed by atoms with Crippen molar-refractivity contribution >= 4 is 16.7 Å². The van der Waals surface area contributed by atoms with Crippen molar-refractivity contribution in [3.63, 3.8) is 0 Å². The van der Waals surface area contributed by atoms with E-state index in [1.165, 1.54) is 0 Å². The molecule has 7 heteroatoms. The van der Waals surface area contributed by atoms with E-state index in [0.717, 1.165) is 39.2 Å². The summed E-state index contributed by atoms with van der Waals surface area (Å²) in [5, 5.41) is 4.33. The van der Waals surface area contributed by atoms with Crippen molar-refractivity contribution in [2.45, 2.75) is 19.9 Å². The third kappa shape index (κ3) is 3.38. The summed E-state index contributed by atoms with van der Waals surface area (Å²) in [5.74, 6) is 1.42. The molecular weight excluding hydrogens is 352 g/mol. The van der Waals surface area contributed by atoms with Gasteiger partial charge in [0, 0.05) is 30.4 Å². The second-order valence-corrected chi connectivity index (χ2v) is 6.85. The highest BCUT2D eigenvalue weighted by Gasteiger charge is 2.15. The molecule has 28 heavy (non-hydrogen) atoms. The molecular formula is C21H22N6O. The highest BCUT2D eigenvalue weighted by Crippen LogP contribution is 2.34. The SMILES string of the molecule is COc1cc(-c2ccc(C)cn2)cc2c(NC(C)c3cn(C)cn3)ncnc12. The second kappa shape index (κ2) is 7.26. The van der Waals surface area contributed by atoms with Gasteiger partial charge in [0.2, 0.25) is 0 Å². The number of ether oxygens (including phenoxy) is 1. The number of nitrogens with one attached hydrogen (secondary N) is 1. The second-order valence-electron chi connectivity index (χ2n) is 6.85. The molecule has 0 aliphatic rings. The average molecular weight is 374 g/mol. The maximum absolute atomic E-state index is 5.60. The van der Waals surface area contributed by atoms with Gasteiger partial charge < -0.3 is 14.6 Å². The van der Waals surface area contributed by atoms with E-state index in [4.69, 9.17) is 4.74 Å². The van der Waals surface area contributed by atoms with Crippen LogP contribution in [0.1, 0.15) is 24.2 Å². The summed E-state index contributed by atoms with van der Waals surface area (Å²) in [4.78, 5) is 17.9. The third-order valence-electron chi connectivity index (χ3n) is 4.65. The van der Waals surface area contributed by atoms with Crippen molar-refractivity contribution in [2.24, 2.45) is 7.05 Å². The number of hydrogen-bond donors (Lipinski definition) is 1. The van der Waals surface area contributed by atoms with Gasteiger partial charge in [0.1, 0.15) is 23.4 Å². The smallest absolute Gasteiger partial charge is 0.145 e. The topological polar surface area (TPSA) is 77.8 Å². The van der Waals surface area contributed by atoms with Crippen LogP contribution in [0, 0.1) is 6.92 Å². The number of benzene rings is 1. The number of pyridine rings is 1. The van der Waals surface area contributed by atoms with Crippen LogP contribution in [-0.4, -0.2) is 31.6 Å². The average Bonchev–Trinajstić information content (AvgIpc) is 3.14. The lowest BCUT2D eigenvalue weighted by Gasteiger charge is -2.15. The minimum absolute atomic E-state index is 0.00792. The van der Waals surface area contributed by atoms with Gasteiger partial charge in [-0.15, -0.1) is 0 Å². The van der Waals surface area contributed by atoms with Crippen LogP contribution in [0.3, 0.4) is 0 Å². The molecule has 1 N–H and O–H groups in total. The van der Waals surface area contributed by atoms with Gasteiger partial charge in [-0.1, -0.05) is 6.07 Å². The summed E-state index contributed by atoms with van der Waals surface area (Å²) < 4.78 is 7.53. The number of fused-ring (bicyclic) bond motifs is 1. The maximum atomic E-state index is 5.60. The highest BCUT2D eigenvalue weighted by molar-refractivity contribution is 5.96. The summed E-state index contributed by atoms with van der Waals surface area (Å²) >= 11 is 0. The molecule has 3 aromatic heterocycles. The van der Waals surface area contributed by atoms with Crippen LogP contribution in [0.25, 0.3) is 22.2 Å². The molecule has 0 fully saturated rings. The van der Waals surface area contributed by atoms with Crippen LogP contribution in [0.15, 0.2) is 49.3 Å². The molecule has 4 rings (SSSR count). The van der Waals surface area contributed by atoms with Crippen molar-refractivity contribution < 1.29 is 4.74 Å². The van der Waals surface area contributed by atoms with Gasteiger partial charge in [0.05, 0.1) is 30.9 Å². The summed E-state index contributed by atoms with van der Waals surface area (Å²) in [6.45, 7) is 4.07. The predicted molar refractivity (Wildman–Crippen MR) is 109 cm³/mol. The van der Waals surface area contributed by atoms with E-state index in [-0.39, 0.29) is 6.04 Å². The molecule has 1 atom stereocenters. The van der Waals surface area contributed by atoms with Crippen molar-refractivity contribution in [1.29, 1.82) is 0 Å². The molecule has 0 bridgehead atoms. The fraction of sp³-hybridized carbons (Fsp3) is 0.238. The van der Waals surface area contributed by atoms with Gasteiger partial charge in [0.25, 0.3) is 0 Å². The first-order chi connectivity index (χ1) is 13.5. The molecule has 0 amide bonds. The van der Waals surface area contributed by atoms with Crippen LogP contribution in [0.4, 0.5) is 5.82 Å². The largest absolute Gasteiger partial charge is 0.494 e. The van der Waals surface area contributed by atoms with Gasteiger partial charge in [-0.25, -0.2) is 15.0 Å². The maximum Gasteiger partial charge on any atom is 0.145 e. The molecule has 1 aromatic carbocycles. The number of rotatable bonds is 5. The van der Waals surface area contributed by atoms with Crippen molar-refractivity contribution in [3.05, 3.63) is 60.6 Å². The number of methoxy groups -OCH3 is 1. The minimum atomic E-state index is -0.00792. The first kappa shape index (κ1) is 17.9. The van der Waals surface area contributed by atoms with Gasteiger partial charge in [-0.05, 0) is 37.6 Å². The zero-order valence-corrected chi connectivity index (χ0v) is 16.3. The summed E-state index contributed by atoms with van der Waals surface area (Å²) in [6.07, 6.45) is 7.18. The van der Waals surface area contributed by atoms with Crippen molar-refractivity contribution in [1.82, 2.24) is 24.5 Å². The molecule has 0 radical (unpaired) electrons. The Morgan fingerprint density at radius 1 is 1.11 bits per heavy atom. The van der Waals surface area contributed by atoms with E-state index < -0.39 is 0 Å². The van der Waals surface area contributed by atoms with Gasteiger partial charge in [-0.2, -0.15) is 0 Å². The van der Waals surface area contributed by atoms with E-state index in [1.54, 1.807) is 19.8 Å². The molecule has 4 aromatic rings. The van der Waals surface area contributed by atoms with Crippen LogP contribution < -0.4 is 10.1 Å². The van der Waals surface area contributed by atoms with Gasteiger partial charge >= 0.3 is 0 Å². The first-order valence-corrected chi connectivity index (χ1v) is 9.05. The van der Waals surface area contributed by atoms with E-state index in [9.17, 15) is 0 Å². The number of aromatic nitrogens is 5. The van der Waals surface area contributed by atoms with E-state index >= 15 is 0 Å². The molecule has 142 valence electrons. The Morgan fingerprint density at radius 2 is 1.96 bits per heavy atom. The van der Waals surface area contributed by atoms with Crippen LogP contribution in [0.2, 0.25) is 0 Å². The fourth-order valence-corrected chi connectivity index (χ4v) is 3.13. The predicted octanol–water partition coefficient (Wildman–Crippen LogP) is 3.92. The molecule has 0 spiro atoms. The lowest BCUT2D eigenvalue weighted by atomic mass is 10.1. The Bertz CT molecular complexity index is 1120. The number of nitrogens with zero attached hydrogens (tertiary/aromatic N) is 5. The number of aryl methyl sites for hydroxylation is 2. The Labute approximate surface area is 163 Å². The Hall–Kier alpha value is -3.48. The lowest BCUT2D eigenvalue weighted by Crippen LogP contribution is -2.09. The normalized spacial score (nSPS) is 12.1. The molecule has 3 heterocycles. The van der Waals surface area contributed by atoms with Crippen LogP contribution in [0.5, 0.6) is 5.75 Å². The van der Waals surface area contributed by atoms with Crippen molar-refractivity contribution in [2.75, 3.05) is 12.4 Å². The Balaban J connectivity index is 1.80. The summed E-state index contributed by atoms with van der Waals surface area (Å²) in [5.41, 5.74) is 4.64. The van der Waals surface area contributed by atoms with Gasteiger partial charge in [-0.3, -0.25) is 4.98 Å². The minimum Gasteiger partial charge on any atom is -0.494 e. The number of hydrogen-bond acceptors (Lipinski definition) is 6. The summed E-state index contributed by atoms with van der Waals surface area (Å²) in [6, 6.07) is 8.04. The number of anilines is 1. The lowest BCUT2D eigenvalue weighted by molar-refractivity contribution is 0.419. The quantitative estimate of drug-likeness (QED) is 0.571. The first-order valence-electron chi connectivity index (χ1n) is 9.05. The third-order valence-corrected chi connectivity index (χ3v) is 4.65. The van der Waals surface area contributed by atoms with Crippen molar-refractivity contribution in [3.8, 4) is 17.0 Å². The molecule has 1 unspecified atom stereocenters. The van der Waals surface area contributed by atoms with Crippen LogP contribution >= 0.6 is 0 Å². The van der Waals surface area contributed by atoms with Gasteiger partial charge in [0.15, 0.2) is 0 Å². The van der Waals surface area contributed by atoms with Crippen LogP contribution in [-0.2, 0) is 7.05 Å². The monoisotopic (exact) mass is 374 g/mol. The number of imidazole rings is 1. The van der Waals surface area contributed by atoms with E-state index in [0.29, 0.717) is 5.75 Å². The Morgan fingerprint density at radius 3 is 2.64 bits per heavy atom. The standard InChI is InChI=1S/C21H22N6O/c1-13-5-6-17(22-9-13)15-7-16-20(19(8-15)28-4)23-11-24-21(16)26-14(2)18-10-27(3)12-25-18/h5-12,14H,1-4H3,(H,23,24,26). The molecule has 0 saturated carbocycles. The van der Waals surface area contributed by atoms with E-state index in [1.807, 2.05) is 55.2 Å². The molecule has 0 aliphatic carbocycles. The Kier molecular flexibility index (Phi) is 4.65. The van der Waals surface area contributed by atoms with E-state index in [2.05, 4.69) is 32.2 Å². The molecule has 0 saturated heterocycles. The highest BCUT2D eigenvalue weighted by atomic mass is 16.5. The zero-order chi connectivity index (χ0) is 19.7. The molecule has 7 nitrogen and oxygen atoms in total. The zero-order valence-electron chi connectivity index (χ0n) is 16.3.